The van der Waals surface area contributed by atoms with Crippen molar-refractivity contribution in [2.45, 2.75) is 38.4 Å². The number of benzene rings is 1. The largest absolute Gasteiger partial charge is 0.481 e. The molecule has 3 aromatic rings. The highest BCUT2D eigenvalue weighted by Gasteiger charge is 2.32. The Hall–Kier alpha value is -3.60. The molecule has 192 valence electrons. The average Bonchev–Trinajstić information content (AvgIpc) is 3.24. The molecule has 3 heterocycles. The minimum Gasteiger partial charge on any atom is -0.481 e. The fraction of sp³-hybridized carbons (Fsp3) is 0.400. The maximum absolute atomic E-state index is 13.2. The van der Waals surface area contributed by atoms with Gasteiger partial charge in [0, 0.05) is 24.7 Å². The molecular weight excluding hydrogens is 477 g/mol. The molecule has 0 aliphatic carbocycles. The summed E-state index contributed by atoms with van der Waals surface area (Å²) in [5, 5.41) is 12.1. The van der Waals surface area contributed by atoms with Crippen LogP contribution in [0.4, 0.5) is 13.2 Å². The lowest BCUT2D eigenvalue weighted by atomic mass is 10.0. The third-order valence-corrected chi connectivity index (χ3v) is 6.16. The van der Waals surface area contributed by atoms with Gasteiger partial charge in [-0.2, -0.15) is 13.2 Å². The van der Waals surface area contributed by atoms with Gasteiger partial charge in [0.2, 0.25) is 5.91 Å². The second-order valence-electron chi connectivity index (χ2n) is 8.62. The van der Waals surface area contributed by atoms with Crippen molar-refractivity contribution in [3.8, 4) is 16.9 Å². The summed E-state index contributed by atoms with van der Waals surface area (Å²) < 4.78 is 44.3. The summed E-state index contributed by atoms with van der Waals surface area (Å²) in [6.45, 7) is 0.501. The number of nitrogens with one attached hydrogen (secondary N) is 2. The lowest BCUT2D eigenvalue weighted by Gasteiger charge is -2.32. The lowest BCUT2D eigenvalue weighted by molar-refractivity contribution is -0.153. The monoisotopic (exact) mass is 504 g/mol. The number of hydrogen-bond acceptors (Lipinski definition) is 5. The van der Waals surface area contributed by atoms with E-state index in [-0.39, 0.29) is 34.4 Å². The van der Waals surface area contributed by atoms with E-state index < -0.39 is 25.3 Å². The van der Waals surface area contributed by atoms with Crippen LogP contribution < -0.4 is 10.1 Å². The number of aryl methyl sites for hydroxylation is 1. The van der Waals surface area contributed by atoms with E-state index in [1.165, 1.54) is 4.90 Å². The molecule has 0 unspecified atom stereocenters. The van der Waals surface area contributed by atoms with Gasteiger partial charge >= 0.3 is 6.18 Å². The highest BCUT2D eigenvalue weighted by molar-refractivity contribution is 6.03. The number of ether oxygens (including phenoxy) is 1. The summed E-state index contributed by atoms with van der Waals surface area (Å²) in [5.74, 6) is -1.21. The van der Waals surface area contributed by atoms with Crippen LogP contribution in [0.1, 0.15) is 35.9 Å². The standard InChI is InChI=1S/C25H27F3N4O4/c1-2-19-17(15-6-4-3-5-7-15)12-18-22(36-14-25(26,27)28)21(31-23(18)30-19)24(35)29-16-8-10-32(11-9-16)20(34)13-33/h3-7,12,16,33H,2,8-11,13-14H2,1H3,(H,29,35)(H,30,31). The Kier molecular flexibility index (Phi) is 7.48. The molecule has 0 atom stereocenters. The predicted molar refractivity (Wildman–Crippen MR) is 127 cm³/mol. The number of likely N-dealkylation sites (tertiary alicyclic amines) is 1. The summed E-state index contributed by atoms with van der Waals surface area (Å²) in [6, 6.07) is 10.8. The number of aromatic amines is 1. The molecule has 2 amide bonds. The van der Waals surface area contributed by atoms with Gasteiger partial charge in [0.25, 0.3) is 5.91 Å². The van der Waals surface area contributed by atoms with Crippen LogP contribution in [0.2, 0.25) is 0 Å². The van der Waals surface area contributed by atoms with Crippen LogP contribution in [0.3, 0.4) is 0 Å². The van der Waals surface area contributed by atoms with Gasteiger partial charge in [0.05, 0.1) is 11.1 Å². The molecule has 8 nitrogen and oxygen atoms in total. The van der Waals surface area contributed by atoms with E-state index in [1.54, 1.807) is 6.07 Å². The zero-order valence-electron chi connectivity index (χ0n) is 19.7. The van der Waals surface area contributed by atoms with Crippen molar-refractivity contribution in [1.82, 2.24) is 20.2 Å². The second-order valence-corrected chi connectivity index (χ2v) is 8.62. The fourth-order valence-electron chi connectivity index (χ4n) is 4.36. The number of alkyl halides is 3. The van der Waals surface area contributed by atoms with Crippen molar-refractivity contribution in [2.24, 2.45) is 0 Å². The first-order chi connectivity index (χ1) is 17.2. The number of H-pyrrole nitrogens is 1. The van der Waals surface area contributed by atoms with Gasteiger partial charge in [-0.3, -0.25) is 9.59 Å². The van der Waals surface area contributed by atoms with Gasteiger partial charge in [-0.05, 0) is 30.9 Å². The number of aliphatic hydroxyl groups excluding tert-OH is 1. The zero-order chi connectivity index (χ0) is 25.9. The van der Waals surface area contributed by atoms with Crippen LogP contribution >= 0.6 is 0 Å². The van der Waals surface area contributed by atoms with Gasteiger partial charge < -0.3 is 25.0 Å². The number of halogens is 3. The molecule has 1 aliphatic rings. The second kappa shape index (κ2) is 10.6. The van der Waals surface area contributed by atoms with Gasteiger partial charge in [0.1, 0.15) is 17.9 Å². The number of hydrogen-bond donors (Lipinski definition) is 3. The van der Waals surface area contributed by atoms with Crippen molar-refractivity contribution < 1.29 is 32.6 Å². The molecule has 36 heavy (non-hydrogen) atoms. The Bertz CT molecular complexity index is 1240. The van der Waals surface area contributed by atoms with E-state index >= 15 is 0 Å². The van der Waals surface area contributed by atoms with Crippen molar-refractivity contribution >= 4 is 22.8 Å². The van der Waals surface area contributed by atoms with E-state index in [0.717, 1.165) is 16.8 Å². The molecule has 1 aliphatic heterocycles. The predicted octanol–water partition coefficient (Wildman–Crippen LogP) is 3.45. The van der Waals surface area contributed by atoms with Gasteiger partial charge in [0.15, 0.2) is 12.4 Å². The maximum Gasteiger partial charge on any atom is 0.422 e. The molecule has 2 aromatic heterocycles. The van der Waals surface area contributed by atoms with Crippen LogP contribution in [0.5, 0.6) is 5.75 Å². The molecule has 1 aromatic carbocycles. The number of carbonyl (C=O) groups excluding carboxylic acids is 2. The Morgan fingerprint density at radius 2 is 1.92 bits per heavy atom. The highest BCUT2D eigenvalue weighted by atomic mass is 19.4. The van der Waals surface area contributed by atoms with Crippen molar-refractivity contribution in [3.05, 3.63) is 47.8 Å². The number of aliphatic hydroxyl groups is 1. The van der Waals surface area contributed by atoms with E-state index in [9.17, 15) is 22.8 Å². The number of rotatable bonds is 7. The van der Waals surface area contributed by atoms with Crippen LogP contribution in [-0.4, -0.2) is 70.3 Å². The first-order valence-corrected chi connectivity index (χ1v) is 11.7. The SMILES string of the molecule is CCc1nc2[nH]c(C(=O)NC3CCN(C(=O)CO)CC3)c(OCC(F)(F)F)c2cc1-c1ccccc1. The summed E-state index contributed by atoms with van der Waals surface area (Å²) >= 11 is 0. The quantitative estimate of drug-likeness (QED) is 0.457. The normalized spacial score (nSPS) is 14.8. The summed E-state index contributed by atoms with van der Waals surface area (Å²) in [5.41, 5.74) is 2.45. The number of pyridine rings is 1. The lowest BCUT2D eigenvalue weighted by Crippen LogP contribution is -2.47. The number of fused-ring (bicyclic) bond motifs is 1. The molecule has 4 rings (SSSR count). The van der Waals surface area contributed by atoms with Crippen LogP contribution in [0.25, 0.3) is 22.2 Å². The van der Waals surface area contributed by atoms with Gasteiger partial charge in [-0.1, -0.05) is 37.3 Å². The zero-order valence-corrected chi connectivity index (χ0v) is 19.7. The fourth-order valence-corrected chi connectivity index (χ4v) is 4.36. The van der Waals surface area contributed by atoms with Gasteiger partial charge in [-0.15, -0.1) is 0 Å². The molecule has 0 saturated carbocycles. The molecule has 1 saturated heterocycles. The van der Waals surface area contributed by atoms with Crippen molar-refractivity contribution in [2.75, 3.05) is 26.3 Å². The van der Waals surface area contributed by atoms with Crippen LogP contribution in [0, 0.1) is 0 Å². The van der Waals surface area contributed by atoms with E-state index in [4.69, 9.17) is 9.84 Å². The molecule has 0 spiro atoms. The third-order valence-electron chi connectivity index (χ3n) is 6.16. The Morgan fingerprint density at radius 3 is 2.53 bits per heavy atom. The molecular formula is C25H27F3N4O4. The highest BCUT2D eigenvalue weighted by Crippen LogP contribution is 2.35. The first-order valence-electron chi connectivity index (χ1n) is 11.7. The van der Waals surface area contributed by atoms with E-state index in [1.807, 2.05) is 37.3 Å². The molecule has 11 heteroatoms. The number of carbonyl (C=O) groups is 2. The molecule has 1 fully saturated rings. The minimum absolute atomic E-state index is 0.136. The first kappa shape index (κ1) is 25.5. The summed E-state index contributed by atoms with van der Waals surface area (Å²) in [7, 11) is 0. The minimum atomic E-state index is -4.59. The molecule has 0 radical (unpaired) electrons. The molecule has 0 bridgehead atoms. The topological polar surface area (TPSA) is 108 Å². The van der Waals surface area contributed by atoms with E-state index in [2.05, 4.69) is 15.3 Å². The van der Waals surface area contributed by atoms with Gasteiger partial charge in [-0.25, -0.2) is 4.98 Å². The molecule has 3 N–H and O–H groups in total. The van der Waals surface area contributed by atoms with Crippen LogP contribution in [0.15, 0.2) is 36.4 Å². The summed E-state index contributed by atoms with van der Waals surface area (Å²) in [6.07, 6.45) is -3.12. The Morgan fingerprint density at radius 1 is 1.22 bits per heavy atom. The van der Waals surface area contributed by atoms with Crippen LogP contribution in [-0.2, 0) is 11.2 Å². The van der Waals surface area contributed by atoms with Crippen molar-refractivity contribution in [3.63, 3.8) is 0 Å². The van der Waals surface area contributed by atoms with E-state index in [0.29, 0.717) is 32.4 Å². The number of nitrogens with zero attached hydrogens (tertiary/aromatic N) is 2. The summed E-state index contributed by atoms with van der Waals surface area (Å²) in [4.78, 5) is 33.8. The average molecular weight is 505 g/mol. The Labute approximate surface area is 205 Å². The van der Waals surface area contributed by atoms with Crippen molar-refractivity contribution in [1.29, 1.82) is 0 Å². The third kappa shape index (κ3) is 5.62. The smallest absolute Gasteiger partial charge is 0.422 e. The maximum atomic E-state index is 13.2. The number of piperidine rings is 1. The Balaban J connectivity index is 1.67. The number of amides is 2. The number of aromatic nitrogens is 2.